The van der Waals surface area contributed by atoms with Crippen LogP contribution in [0.5, 0.6) is 0 Å². The maximum atomic E-state index is 10.4. The summed E-state index contributed by atoms with van der Waals surface area (Å²) in [6.45, 7) is 8.24. The zero-order valence-corrected chi connectivity index (χ0v) is 21.3. The van der Waals surface area contributed by atoms with Crippen molar-refractivity contribution in [3.8, 4) is 11.3 Å². The smallest absolute Gasteiger partial charge is 0.216 e. The summed E-state index contributed by atoms with van der Waals surface area (Å²) in [5.41, 5.74) is 4.88. The molecule has 1 atom stereocenters. The molecule has 10 heteroatoms. The highest BCUT2D eigenvalue weighted by atomic mass is 16.7. The highest BCUT2D eigenvalue weighted by Gasteiger charge is 2.35. The number of fused-ring (bicyclic) bond motifs is 1. The quantitative estimate of drug-likeness (QED) is 0.459. The Labute approximate surface area is 216 Å². The summed E-state index contributed by atoms with van der Waals surface area (Å²) in [4.78, 5) is 9.13. The molecule has 0 amide bonds. The van der Waals surface area contributed by atoms with Crippen LogP contribution < -0.4 is 4.90 Å². The molecule has 3 saturated heterocycles. The van der Waals surface area contributed by atoms with Crippen LogP contribution in [0.3, 0.4) is 0 Å². The van der Waals surface area contributed by atoms with Crippen LogP contribution in [0.25, 0.3) is 16.8 Å². The van der Waals surface area contributed by atoms with Crippen molar-refractivity contribution in [1.29, 1.82) is 0 Å². The van der Waals surface area contributed by atoms with Crippen molar-refractivity contribution < 1.29 is 24.1 Å². The molecule has 37 heavy (non-hydrogen) atoms. The number of pyridine rings is 1. The second-order valence-corrected chi connectivity index (χ2v) is 9.89. The first-order valence-corrected chi connectivity index (χ1v) is 13.2. The molecule has 6 heterocycles. The first-order chi connectivity index (χ1) is 18.1. The van der Waals surface area contributed by atoms with Crippen LogP contribution in [-0.4, -0.2) is 96.3 Å². The van der Waals surface area contributed by atoms with Gasteiger partial charge in [0.05, 0.1) is 35.7 Å². The predicted octanol–water partition coefficient (Wildman–Crippen LogP) is 2.25. The molecule has 0 radical (unpaired) electrons. The van der Waals surface area contributed by atoms with Gasteiger partial charge in [0, 0.05) is 88.6 Å². The van der Waals surface area contributed by atoms with Gasteiger partial charge >= 0.3 is 0 Å². The molecular formula is C27H35N5O5. The number of anilines is 1. The van der Waals surface area contributed by atoms with Gasteiger partial charge < -0.3 is 29.0 Å². The van der Waals surface area contributed by atoms with Crippen LogP contribution in [0.4, 0.5) is 5.69 Å². The third kappa shape index (κ3) is 4.97. The summed E-state index contributed by atoms with van der Waals surface area (Å²) in [6, 6.07) is 8.43. The van der Waals surface area contributed by atoms with Gasteiger partial charge in [-0.2, -0.15) is 5.10 Å². The maximum Gasteiger partial charge on any atom is 0.216 e. The highest BCUT2D eigenvalue weighted by Crippen LogP contribution is 2.37. The normalized spacial score (nSPS) is 21.7. The third-order valence-electron chi connectivity index (χ3n) is 7.68. The Morgan fingerprint density at radius 3 is 2.59 bits per heavy atom. The van der Waals surface area contributed by atoms with E-state index in [1.54, 1.807) is 0 Å². The van der Waals surface area contributed by atoms with Crippen molar-refractivity contribution in [3.05, 3.63) is 48.4 Å². The first-order valence-electron chi connectivity index (χ1n) is 13.2. The van der Waals surface area contributed by atoms with Crippen LogP contribution in [-0.2, 0) is 24.5 Å². The minimum absolute atomic E-state index is 0.00365. The predicted molar refractivity (Wildman–Crippen MR) is 137 cm³/mol. The molecule has 3 aliphatic heterocycles. The maximum absolute atomic E-state index is 10.4. The molecule has 3 aliphatic rings. The molecule has 3 fully saturated rings. The van der Waals surface area contributed by atoms with Gasteiger partial charge in [-0.3, -0.25) is 9.88 Å². The Balaban J connectivity index is 1.18. The Bertz CT molecular complexity index is 1180. The lowest BCUT2D eigenvalue weighted by atomic mass is 9.87. The Hall–Kier alpha value is -2.60. The number of aromatic nitrogens is 3. The molecule has 0 bridgehead atoms. The van der Waals surface area contributed by atoms with E-state index in [0.29, 0.717) is 46.1 Å². The number of piperazine rings is 1. The minimum Gasteiger partial charge on any atom is -0.381 e. The summed E-state index contributed by atoms with van der Waals surface area (Å²) in [5, 5.41) is 15.0. The molecule has 0 saturated carbocycles. The topological polar surface area (TPSA) is 93.8 Å². The van der Waals surface area contributed by atoms with Gasteiger partial charge in [0.2, 0.25) is 6.41 Å². The monoisotopic (exact) mass is 509 g/mol. The molecular weight excluding hydrogens is 474 g/mol. The number of ether oxygens (including phenoxy) is 4. The van der Waals surface area contributed by atoms with Crippen LogP contribution in [0, 0.1) is 0 Å². The van der Waals surface area contributed by atoms with Crippen LogP contribution in [0.1, 0.15) is 25.3 Å². The number of aliphatic hydroxyl groups excluding tert-OH is 1. The van der Waals surface area contributed by atoms with Crippen molar-refractivity contribution in [1.82, 2.24) is 19.5 Å². The van der Waals surface area contributed by atoms with Gasteiger partial charge in [0.1, 0.15) is 6.10 Å². The Morgan fingerprint density at radius 1 is 1.11 bits per heavy atom. The number of nitrogens with zero attached hydrogens (tertiary/aromatic N) is 5. The van der Waals surface area contributed by atoms with Crippen LogP contribution in [0.15, 0.2) is 42.9 Å². The summed E-state index contributed by atoms with van der Waals surface area (Å²) in [5.74, 6) is 0. The molecule has 3 aromatic heterocycles. The lowest BCUT2D eigenvalue weighted by Gasteiger charge is -2.39. The average Bonchev–Trinajstić information content (AvgIpc) is 3.36. The molecule has 198 valence electrons. The lowest BCUT2D eigenvalue weighted by molar-refractivity contribution is -0.262. The molecule has 0 aromatic carbocycles. The molecule has 3 aromatic rings. The van der Waals surface area contributed by atoms with E-state index in [9.17, 15) is 5.11 Å². The van der Waals surface area contributed by atoms with E-state index in [1.807, 2.05) is 34.9 Å². The van der Waals surface area contributed by atoms with Crippen LogP contribution >= 0.6 is 0 Å². The number of rotatable bonds is 8. The molecule has 6 rings (SSSR count). The van der Waals surface area contributed by atoms with Gasteiger partial charge in [-0.05, 0) is 25.1 Å². The van der Waals surface area contributed by atoms with E-state index >= 15 is 0 Å². The minimum atomic E-state index is -0.884. The number of aliphatic hydroxyl groups is 1. The van der Waals surface area contributed by atoms with Crippen molar-refractivity contribution >= 4 is 11.2 Å². The second-order valence-electron chi connectivity index (χ2n) is 9.89. The lowest BCUT2D eigenvalue weighted by Crippen LogP contribution is -2.53. The SMILES string of the molecule is CCOC1(c2ccc(-c3cc4c(N5CCN(C(O)OC6COC6)CC5)ccnn4c3)nc2)CCOCC1. The largest absolute Gasteiger partial charge is 0.381 e. The summed E-state index contributed by atoms with van der Waals surface area (Å²) < 4.78 is 24.5. The average molecular weight is 510 g/mol. The standard InChI is InChI=1S/C27H35N5O5/c1-2-36-27(6-13-34-14-7-27)21-3-4-23(28-16-21)20-15-25-24(5-8-29-32(25)17-20)30-9-11-31(12-10-30)26(33)37-22-18-35-19-22/h3-5,8,15-17,22,26,33H,2,6-7,9-14,18-19H2,1H3. The fourth-order valence-corrected chi connectivity index (χ4v) is 5.47. The first kappa shape index (κ1) is 24.7. The van der Waals surface area contributed by atoms with Gasteiger partial charge in [0.25, 0.3) is 0 Å². The zero-order valence-electron chi connectivity index (χ0n) is 21.3. The van der Waals surface area contributed by atoms with Crippen molar-refractivity contribution in [2.75, 3.05) is 64.1 Å². The van der Waals surface area contributed by atoms with Crippen molar-refractivity contribution in [3.63, 3.8) is 0 Å². The van der Waals surface area contributed by atoms with E-state index in [0.717, 1.165) is 54.0 Å². The summed E-state index contributed by atoms with van der Waals surface area (Å²) in [7, 11) is 0. The van der Waals surface area contributed by atoms with E-state index < -0.39 is 6.41 Å². The fourth-order valence-electron chi connectivity index (χ4n) is 5.47. The van der Waals surface area contributed by atoms with Gasteiger partial charge in [-0.15, -0.1) is 0 Å². The van der Waals surface area contributed by atoms with Gasteiger partial charge in [-0.1, -0.05) is 6.07 Å². The van der Waals surface area contributed by atoms with E-state index in [1.165, 1.54) is 0 Å². The molecule has 0 aliphatic carbocycles. The summed E-state index contributed by atoms with van der Waals surface area (Å²) in [6.07, 6.45) is 6.62. The molecule has 10 nitrogen and oxygen atoms in total. The zero-order chi connectivity index (χ0) is 25.2. The van der Waals surface area contributed by atoms with Crippen LogP contribution in [0.2, 0.25) is 0 Å². The van der Waals surface area contributed by atoms with Crippen molar-refractivity contribution in [2.24, 2.45) is 0 Å². The third-order valence-corrected chi connectivity index (χ3v) is 7.68. The van der Waals surface area contributed by atoms with E-state index in [4.69, 9.17) is 23.9 Å². The highest BCUT2D eigenvalue weighted by molar-refractivity contribution is 5.79. The molecule has 0 spiro atoms. The van der Waals surface area contributed by atoms with E-state index in [-0.39, 0.29) is 11.7 Å². The van der Waals surface area contributed by atoms with Gasteiger partial charge in [0.15, 0.2) is 0 Å². The van der Waals surface area contributed by atoms with Gasteiger partial charge in [-0.25, -0.2) is 4.52 Å². The number of hydrogen-bond acceptors (Lipinski definition) is 9. The molecule has 1 unspecified atom stereocenters. The second kappa shape index (κ2) is 10.6. The molecule has 1 N–H and O–H groups in total. The fraction of sp³-hybridized carbons (Fsp3) is 0.556. The van der Waals surface area contributed by atoms with Crippen molar-refractivity contribution in [2.45, 2.75) is 37.9 Å². The Morgan fingerprint density at radius 2 is 1.92 bits per heavy atom. The van der Waals surface area contributed by atoms with E-state index in [2.05, 4.69) is 34.3 Å². The number of hydrogen-bond donors (Lipinski definition) is 1. The summed E-state index contributed by atoms with van der Waals surface area (Å²) >= 11 is 0. The Kier molecular flexibility index (Phi) is 7.11.